The fourth-order valence-electron chi connectivity index (χ4n) is 1.82. The summed E-state index contributed by atoms with van der Waals surface area (Å²) in [5, 5.41) is 2.53. The predicted molar refractivity (Wildman–Crippen MR) is 73.0 cm³/mol. The van der Waals surface area contributed by atoms with Crippen molar-refractivity contribution < 1.29 is 13.9 Å². The third-order valence-corrected chi connectivity index (χ3v) is 3.05. The summed E-state index contributed by atoms with van der Waals surface area (Å²) in [4.78, 5) is 11.5. The van der Waals surface area contributed by atoms with Crippen LogP contribution in [0, 0.1) is 0 Å². The molecule has 0 unspecified atom stereocenters. The summed E-state index contributed by atoms with van der Waals surface area (Å²) < 4.78 is 10.8. The molecule has 1 amide bonds. The number of methoxy groups -OCH3 is 1. The van der Waals surface area contributed by atoms with Crippen molar-refractivity contribution in [1.29, 1.82) is 0 Å². The minimum Gasteiger partial charge on any atom is -0.451 e. The Labute approximate surface area is 112 Å². The van der Waals surface area contributed by atoms with E-state index in [1.165, 1.54) is 0 Å². The van der Waals surface area contributed by atoms with Crippen LogP contribution in [0.1, 0.15) is 29.1 Å². The van der Waals surface area contributed by atoms with Gasteiger partial charge in [0.1, 0.15) is 5.76 Å². The first-order valence-electron chi connectivity index (χ1n) is 6.10. The van der Waals surface area contributed by atoms with E-state index < -0.39 is 0 Å². The minimum atomic E-state index is -0.229. The van der Waals surface area contributed by atoms with E-state index in [0.717, 1.165) is 11.1 Å². The number of hydrogen-bond acceptors (Lipinski definition) is 3. The van der Waals surface area contributed by atoms with E-state index in [9.17, 15) is 4.79 Å². The van der Waals surface area contributed by atoms with Crippen LogP contribution in [0.2, 0.25) is 0 Å². The molecule has 4 nitrogen and oxygen atoms in total. The summed E-state index contributed by atoms with van der Waals surface area (Å²) in [6.07, 6.45) is 0.0216. The molecule has 19 heavy (non-hydrogen) atoms. The Balaban J connectivity index is 2.31. The predicted octanol–water partition coefficient (Wildman–Crippen LogP) is 3.01. The van der Waals surface area contributed by atoms with Gasteiger partial charge in [0.05, 0.1) is 6.10 Å². The first-order valence-corrected chi connectivity index (χ1v) is 6.10. The highest BCUT2D eigenvalue weighted by atomic mass is 16.5. The number of ether oxygens (including phenoxy) is 1. The summed E-state index contributed by atoms with van der Waals surface area (Å²) in [5.41, 5.74) is 1.99. The molecule has 1 heterocycles. The van der Waals surface area contributed by atoms with Crippen LogP contribution in [-0.4, -0.2) is 20.1 Å². The van der Waals surface area contributed by atoms with Crippen LogP contribution in [0.25, 0.3) is 11.3 Å². The van der Waals surface area contributed by atoms with E-state index in [1.54, 1.807) is 26.3 Å². The number of amides is 1. The number of benzene rings is 1. The van der Waals surface area contributed by atoms with Gasteiger partial charge in [-0.3, -0.25) is 4.79 Å². The van der Waals surface area contributed by atoms with Gasteiger partial charge in [0.15, 0.2) is 5.76 Å². The van der Waals surface area contributed by atoms with Gasteiger partial charge in [-0.05, 0) is 30.7 Å². The molecule has 4 heteroatoms. The van der Waals surface area contributed by atoms with Crippen LogP contribution in [0.3, 0.4) is 0 Å². The molecule has 0 fully saturated rings. The summed E-state index contributed by atoms with van der Waals surface area (Å²) in [7, 11) is 3.25. The van der Waals surface area contributed by atoms with Crippen molar-refractivity contribution in [3.05, 3.63) is 47.7 Å². The molecule has 0 saturated carbocycles. The maximum atomic E-state index is 11.5. The molecular weight excluding hydrogens is 242 g/mol. The third kappa shape index (κ3) is 2.85. The van der Waals surface area contributed by atoms with Crippen LogP contribution < -0.4 is 5.32 Å². The lowest BCUT2D eigenvalue weighted by Crippen LogP contribution is -2.16. The average Bonchev–Trinajstić information content (AvgIpc) is 2.95. The van der Waals surface area contributed by atoms with E-state index in [-0.39, 0.29) is 12.0 Å². The van der Waals surface area contributed by atoms with Crippen molar-refractivity contribution in [2.45, 2.75) is 13.0 Å². The second kappa shape index (κ2) is 5.71. The first-order chi connectivity index (χ1) is 9.15. The molecule has 0 aliphatic carbocycles. The molecule has 2 aromatic rings. The molecule has 1 aromatic carbocycles. The molecule has 0 aliphatic heterocycles. The number of hydrogen-bond donors (Lipinski definition) is 1. The van der Waals surface area contributed by atoms with Crippen molar-refractivity contribution in [2.24, 2.45) is 0 Å². The molecule has 0 bridgehead atoms. The Kier molecular flexibility index (Phi) is 4.02. The maximum Gasteiger partial charge on any atom is 0.286 e. The Morgan fingerprint density at radius 1 is 1.32 bits per heavy atom. The Bertz CT molecular complexity index is 574. The number of furan rings is 1. The van der Waals surface area contributed by atoms with E-state index in [0.29, 0.717) is 11.5 Å². The topological polar surface area (TPSA) is 51.5 Å². The summed E-state index contributed by atoms with van der Waals surface area (Å²) in [6.45, 7) is 1.98. The smallest absolute Gasteiger partial charge is 0.286 e. The highest BCUT2D eigenvalue weighted by molar-refractivity contribution is 5.91. The number of carbonyl (C=O) groups is 1. The van der Waals surface area contributed by atoms with Crippen molar-refractivity contribution >= 4 is 5.91 Å². The van der Waals surface area contributed by atoms with E-state index in [1.807, 2.05) is 31.2 Å². The van der Waals surface area contributed by atoms with Crippen molar-refractivity contribution in [1.82, 2.24) is 5.32 Å². The van der Waals surface area contributed by atoms with Crippen molar-refractivity contribution in [3.63, 3.8) is 0 Å². The standard InChI is InChI=1S/C15H17NO3/c1-10(18-3)11-5-4-6-12(9-11)13-7-8-14(19-13)15(17)16-2/h4-10H,1-3H3,(H,16,17)/t10-/m1/s1. The van der Waals surface area contributed by atoms with Gasteiger partial charge in [0.25, 0.3) is 5.91 Å². The molecule has 2 rings (SSSR count). The molecular formula is C15H17NO3. The molecule has 0 radical (unpaired) electrons. The van der Waals surface area contributed by atoms with Crippen LogP contribution >= 0.6 is 0 Å². The molecule has 100 valence electrons. The van der Waals surface area contributed by atoms with Gasteiger partial charge in [-0.2, -0.15) is 0 Å². The first kappa shape index (κ1) is 13.4. The highest BCUT2D eigenvalue weighted by Crippen LogP contribution is 2.26. The maximum absolute atomic E-state index is 11.5. The van der Waals surface area contributed by atoms with Crippen LogP contribution in [0.4, 0.5) is 0 Å². The van der Waals surface area contributed by atoms with Gasteiger partial charge >= 0.3 is 0 Å². The number of carbonyl (C=O) groups excluding carboxylic acids is 1. The Morgan fingerprint density at radius 2 is 2.11 bits per heavy atom. The zero-order chi connectivity index (χ0) is 13.8. The quantitative estimate of drug-likeness (QED) is 0.918. The second-order valence-corrected chi connectivity index (χ2v) is 4.25. The Morgan fingerprint density at radius 3 is 2.79 bits per heavy atom. The van der Waals surface area contributed by atoms with Crippen LogP contribution in [0.15, 0.2) is 40.8 Å². The minimum absolute atomic E-state index is 0.0216. The van der Waals surface area contributed by atoms with E-state index in [2.05, 4.69) is 5.32 Å². The SMILES string of the molecule is CNC(=O)c1ccc(-c2cccc([C@@H](C)OC)c2)o1. The van der Waals surface area contributed by atoms with Crippen molar-refractivity contribution in [3.8, 4) is 11.3 Å². The van der Waals surface area contributed by atoms with Gasteiger partial charge in [0.2, 0.25) is 0 Å². The number of rotatable bonds is 4. The zero-order valence-corrected chi connectivity index (χ0v) is 11.3. The largest absolute Gasteiger partial charge is 0.451 e. The lowest BCUT2D eigenvalue weighted by Gasteiger charge is -2.10. The van der Waals surface area contributed by atoms with E-state index in [4.69, 9.17) is 9.15 Å². The molecule has 1 atom stereocenters. The molecule has 0 spiro atoms. The fraction of sp³-hybridized carbons (Fsp3) is 0.267. The van der Waals surface area contributed by atoms with Crippen LogP contribution in [0.5, 0.6) is 0 Å². The summed E-state index contributed by atoms with van der Waals surface area (Å²) in [6, 6.07) is 11.4. The van der Waals surface area contributed by atoms with Crippen molar-refractivity contribution in [2.75, 3.05) is 14.2 Å². The van der Waals surface area contributed by atoms with Gasteiger partial charge in [0, 0.05) is 19.7 Å². The zero-order valence-electron chi connectivity index (χ0n) is 11.3. The highest BCUT2D eigenvalue weighted by Gasteiger charge is 2.11. The third-order valence-electron chi connectivity index (χ3n) is 3.05. The van der Waals surface area contributed by atoms with Gasteiger partial charge in [-0.15, -0.1) is 0 Å². The fourth-order valence-corrected chi connectivity index (χ4v) is 1.82. The normalized spacial score (nSPS) is 12.2. The lowest BCUT2D eigenvalue weighted by atomic mass is 10.1. The van der Waals surface area contributed by atoms with Gasteiger partial charge in [-0.1, -0.05) is 18.2 Å². The van der Waals surface area contributed by atoms with Gasteiger partial charge < -0.3 is 14.5 Å². The molecule has 0 aliphatic rings. The van der Waals surface area contributed by atoms with Crippen LogP contribution in [-0.2, 0) is 4.74 Å². The molecule has 1 aromatic heterocycles. The molecule has 1 N–H and O–H groups in total. The molecule has 0 saturated heterocycles. The lowest BCUT2D eigenvalue weighted by molar-refractivity contribution is 0.0936. The summed E-state index contributed by atoms with van der Waals surface area (Å²) in [5.74, 6) is 0.749. The average molecular weight is 259 g/mol. The Hall–Kier alpha value is -2.07. The number of nitrogens with one attached hydrogen (secondary N) is 1. The van der Waals surface area contributed by atoms with E-state index >= 15 is 0 Å². The monoisotopic (exact) mass is 259 g/mol. The second-order valence-electron chi connectivity index (χ2n) is 4.25. The van der Waals surface area contributed by atoms with Gasteiger partial charge in [-0.25, -0.2) is 0 Å². The summed E-state index contributed by atoms with van der Waals surface area (Å²) >= 11 is 0.